The highest BCUT2D eigenvalue weighted by Gasteiger charge is 2.27. The number of thiophene rings is 1. The minimum atomic E-state index is 0. The van der Waals surface area contributed by atoms with Crippen molar-refractivity contribution in [3.63, 3.8) is 0 Å². The minimum absolute atomic E-state index is 0. The third-order valence-electron chi connectivity index (χ3n) is 4.35. The van der Waals surface area contributed by atoms with Gasteiger partial charge in [0.25, 0.3) is 0 Å². The average molecular weight is 422 g/mol. The average Bonchev–Trinajstić information content (AvgIpc) is 3.30. The number of hydrogen-bond acceptors (Lipinski definition) is 7. The van der Waals surface area contributed by atoms with Crippen LogP contribution >= 0.6 is 36.2 Å². The number of nitrogens with zero attached hydrogens (tertiary/aromatic N) is 4. The summed E-state index contributed by atoms with van der Waals surface area (Å²) in [7, 11) is 0. The minimum Gasteiger partial charge on any atom is -0.340 e. The summed E-state index contributed by atoms with van der Waals surface area (Å²) in [4.78, 5) is 21.8. The zero-order valence-electron chi connectivity index (χ0n) is 14.7. The first kappa shape index (κ1) is 22.9. The molecule has 2 aromatic heterocycles. The first-order valence-corrected chi connectivity index (χ1v) is 9.16. The van der Waals surface area contributed by atoms with Gasteiger partial charge in [-0.25, -0.2) is 0 Å². The fraction of sp³-hybridized carbons (Fsp3) is 0.562. The number of hydrogen-bond donors (Lipinski definition) is 1. The number of aromatic nitrogens is 2. The summed E-state index contributed by atoms with van der Waals surface area (Å²) in [5.74, 6) is 1.47. The van der Waals surface area contributed by atoms with Gasteiger partial charge in [0.05, 0.1) is 10.9 Å². The van der Waals surface area contributed by atoms with Crippen molar-refractivity contribution in [2.45, 2.75) is 25.8 Å². The lowest BCUT2D eigenvalue weighted by atomic mass is 10.2. The van der Waals surface area contributed by atoms with Crippen molar-refractivity contribution in [2.24, 2.45) is 5.73 Å². The zero-order chi connectivity index (χ0) is 16.9. The molecule has 7 nitrogen and oxygen atoms in total. The largest absolute Gasteiger partial charge is 0.340 e. The lowest BCUT2D eigenvalue weighted by Crippen LogP contribution is -2.49. The van der Waals surface area contributed by atoms with E-state index in [1.165, 1.54) is 0 Å². The Kier molecular flexibility index (Phi) is 9.52. The molecule has 0 spiro atoms. The Morgan fingerprint density at radius 2 is 2.08 bits per heavy atom. The molecule has 1 saturated heterocycles. The van der Waals surface area contributed by atoms with Gasteiger partial charge >= 0.3 is 0 Å². The van der Waals surface area contributed by atoms with E-state index in [0.29, 0.717) is 24.7 Å². The van der Waals surface area contributed by atoms with Gasteiger partial charge in [-0.1, -0.05) is 11.2 Å². The van der Waals surface area contributed by atoms with Crippen LogP contribution in [0.1, 0.15) is 31.7 Å². The van der Waals surface area contributed by atoms with E-state index in [-0.39, 0.29) is 36.8 Å². The lowest BCUT2D eigenvalue weighted by Gasteiger charge is -2.36. The van der Waals surface area contributed by atoms with Crippen molar-refractivity contribution in [2.75, 3.05) is 32.7 Å². The van der Waals surface area contributed by atoms with E-state index in [2.05, 4.69) is 22.0 Å². The SMILES string of the molecule is CC(c1nc(-c2cccs2)no1)N1CCN(C(=O)CCCN)CC1.Cl.Cl. The van der Waals surface area contributed by atoms with Crippen molar-refractivity contribution in [1.82, 2.24) is 19.9 Å². The van der Waals surface area contributed by atoms with E-state index < -0.39 is 0 Å². The van der Waals surface area contributed by atoms with Gasteiger partial charge in [-0.05, 0) is 31.3 Å². The van der Waals surface area contributed by atoms with Crippen LogP contribution in [0.3, 0.4) is 0 Å². The highest BCUT2D eigenvalue weighted by atomic mass is 35.5. The third-order valence-corrected chi connectivity index (χ3v) is 5.22. The fourth-order valence-corrected chi connectivity index (χ4v) is 3.49. The first-order valence-electron chi connectivity index (χ1n) is 8.28. The number of carbonyl (C=O) groups excluding carboxylic acids is 1. The summed E-state index contributed by atoms with van der Waals surface area (Å²) in [5, 5.41) is 6.07. The van der Waals surface area contributed by atoms with E-state index >= 15 is 0 Å². The Morgan fingerprint density at radius 3 is 2.69 bits per heavy atom. The number of rotatable bonds is 6. The van der Waals surface area contributed by atoms with Crippen LogP contribution in [-0.2, 0) is 4.79 Å². The number of halogens is 2. The lowest BCUT2D eigenvalue weighted by molar-refractivity contribution is -0.133. The molecular weight excluding hydrogens is 397 g/mol. The van der Waals surface area contributed by atoms with Crippen LogP contribution in [0.15, 0.2) is 22.0 Å². The highest BCUT2D eigenvalue weighted by Crippen LogP contribution is 2.25. The van der Waals surface area contributed by atoms with Crippen molar-refractivity contribution < 1.29 is 9.32 Å². The summed E-state index contributed by atoms with van der Waals surface area (Å²) in [5.41, 5.74) is 5.47. The Bertz CT molecular complexity index is 659. The summed E-state index contributed by atoms with van der Waals surface area (Å²) in [6.45, 7) is 5.72. The first-order chi connectivity index (χ1) is 11.7. The molecule has 1 amide bonds. The second-order valence-electron chi connectivity index (χ2n) is 5.92. The summed E-state index contributed by atoms with van der Waals surface area (Å²) < 4.78 is 5.44. The van der Waals surface area contributed by atoms with Crippen LogP contribution in [-0.4, -0.2) is 58.6 Å². The molecule has 2 N–H and O–H groups in total. The molecular formula is C16H25Cl2N5O2S. The van der Waals surface area contributed by atoms with Gasteiger partial charge in [0, 0.05) is 32.6 Å². The van der Waals surface area contributed by atoms with E-state index in [0.717, 1.165) is 37.5 Å². The highest BCUT2D eigenvalue weighted by molar-refractivity contribution is 7.13. The van der Waals surface area contributed by atoms with E-state index in [1.54, 1.807) is 11.3 Å². The van der Waals surface area contributed by atoms with Gasteiger partial charge in [0.15, 0.2) is 0 Å². The van der Waals surface area contributed by atoms with Crippen LogP contribution in [0, 0.1) is 0 Å². The molecule has 1 atom stereocenters. The molecule has 0 aliphatic carbocycles. The molecule has 3 rings (SSSR count). The van der Waals surface area contributed by atoms with Gasteiger partial charge < -0.3 is 15.2 Å². The van der Waals surface area contributed by atoms with Gasteiger partial charge in [0.2, 0.25) is 17.6 Å². The summed E-state index contributed by atoms with van der Waals surface area (Å²) >= 11 is 1.59. The van der Waals surface area contributed by atoms with Crippen molar-refractivity contribution in [1.29, 1.82) is 0 Å². The van der Waals surface area contributed by atoms with E-state index in [1.807, 2.05) is 22.4 Å². The predicted octanol–water partition coefficient (Wildman–Crippen LogP) is 2.59. The Morgan fingerprint density at radius 1 is 1.35 bits per heavy atom. The zero-order valence-corrected chi connectivity index (χ0v) is 17.1. The fourth-order valence-electron chi connectivity index (χ4n) is 2.84. The quantitative estimate of drug-likeness (QED) is 0.770. The van der Waals surface area contributed by atoms with Crippen LogP contribution in [0.2, 0.25) is 0 Å². The molecule has 0 saturated carbocycles. The monoisotopic (exact) mass is 421 g/mol. The molecule has 0 radical (unpaired) electrons. The smallest absolute Gasteiger partial charge is 0.244 e. The Labute approximate surface area is 169 Å². The van der Waals surface area contributed by atoms with Gasteiger partial charge in [-0.3, -0.25) is 9.69 Å². The molecule has 1 fully saturated rings. The topological polar surface area (TPSA) is 88.5 Å². The van der Waals surface area contributed by atoms with Crippen LogP contribution < -0.4 is 5.73 Å². The second-order valence-corrected chi connectivity index (χ2v) is 6.87. The van der Waals surface area contributed by atoms with Crippen molar-refractivity contribution in [3.05, 3.63) is 23.4 Å². The summed E-state index contributed by atoms with van der Waals surface area (Å²) in [6, 6.07) is 4.00. The molecule has 0 aromatic carbocycles. The number of piperazine rings is 1. The molecule has 1 aliphatic heterocycles. The molecule has 26 heavy (non-hydrogen) atoms. The molecule has 3 heterocycles. The maximum Gasteiger partial charge on any atom is 0.244 e. The van der Waals surface area contributed by atoms with E-state index in [9.17, 15) is 4.79 Å². The second kappa shape index (κ2) is 10.8. The van der Waals surface area contributed by atoms with Crippen molar-refractivity contribution >= 4 is 42.1 Å². The number of nitrogens with two attached hydrogens (primary N) is 1. The predicted molar refractivity (Wildman–Crippen MR) is 107 cm³/mol. The van der Waals surface area contributed by atoms with Crippen LogP contribution in [0.5, 0.6) is 0 Å². The Hall–Kier alpha value is -1.19. The van der Waals surface area contributed by atoms with Crippen molar-refractivity contribution in [3.8, 4) is 10.7 Å². The number of carbonyl (C=O) groups is 1. The normalized spacial score (nSPS) is 15.8. The Balaban J connectivity index is 0.00000169. The van der Waals surface area contributed by atoms with Gasteiger partial charge in [0.1, 0.15) is 0 Å². The summed E-state index contributed by atoms with van der Waals surface area (Å²) in [6.07, 6.45) is 1.29. The molecule has 1 aliphatic rings. The third kappa shape index (κ3) is 5.40. The van der Waals surface area contributed by atoms with E-state index in [4.69, 9.17) is 10.3 Å². The van der Waals surface area contributed by atoms with Gasteiger partial charge in [-0.15, -0.1) is 36.2 Å². The standard InChI is InChI=1S/C16H23N5O2S.2ClH/c1-12(16-18-15(19-23-16)13-4-3-11-24-13)20-7-9-21(10-8-20)14(22)5-2-6-17;;/h3-4,11-12H,2,5-10,17H2,1H3;2*1H. The van der Waals surface area contributed by atoms with Gasteiger partial charge in [-0.2, -0.15) is 4.98 Å². The van der Waals surface area contributed by atoms with Crippen LogP contribution in [0.4, 0.5) is 0 Å². The molecule has 2 aromatic rings. The molecule has 146 valence electrons. The molecule has 0 bridgehead atoms. The van der Waals surface area contributed by atoms with Crippen LogP contribution in [0.25, 0.3) is 10.7 Å². The maximum absolute atomic E-state index is 12.1. The maximum atomic E-state index is 12.1. The molecule has 10 heteroatoms. The number of amides is 1. The molecule has 1 unspecified atom stereocenters.